The number of anilines is 1. The molecule has 1 aliphatic carbocycles. The maximum absolute atomic E-state index is 5.97. The molecule has 0 aromatic carbocycles. The van der Waals surface area contributed by atoms with Crippen LogP contribution in [0.3, 0.4) is 0 Å². The Morgan fingerprint density at radius 1 is 1.13 bits per heavy atom. The molecular formula is C23H34N4O3. The normalized spacial score (nSPS) is 18.8. The second-order valence-electron chi connectivity index (χ2n) is 8.47. The zero-order valence-electron chi connectivity index (χ0n) is 18.5. The van der Waals surface area contributed by atoms with Crippen molar-refractivity contribution in [2.24, 2.45) is 5.92 Å². The molecule has 3 heterocycles. The van der Waals surface area contributed by atoms with Crippen LogP contribution in [0.25, 0.3) is 11.0 Å². The summed E-state index contributed by atoms with van der Waals surface area (Å²) in [4.78, 5) is 12.3. The van der Waals surface area contributed by atoms with E-state index in [0.29, 0.717) is 25.0 Å². The van der Waals surface area contributed by atoms with Crippen LogP contribution in [-0.4, -0.2) is 68.5 Å². The Bertz CT molecular complexity index is 867. The summed E-state index contributed by atoms with van der Waals surface area (Å²) in [6, 6.07) is 2.09. The SMILES string of the molecule is COCCNc1c2c(nc3cc(COCCN4CCCC4)c(OC)nc13)CC(C)C2. The highest BCUT2D eigenvalue weighted by Gasteiger charge is 2.26. The Balaban J connectivity index is 1.57. The van der Waals surface area contributed by atoms with Gasteiger partial charge in [0.05, 0.1) is 38.1 Å². The monoisotopic (exact) mass is 414 g/mol. The first-order valence-corrected chi connectivity index (χ1v) is 11.1. The van der Waals surface area contributed by atoms with Gasteiger partial charge in [-0.05, 0) is 56.3 Å². The van der Waals surface area contributed by atoms with Gasteiger partial charge in [-0.25, -0.2) is 4.98 Å². The van der Waals surface area contributed by atoms with Crippen molar-refractivity contribution in [2.75, 3.05) is 58.9 Å². The van der Waals surface area contributed by atoms with Gasteiger partial charge in [0.25, 0.3) is 0 Å². The first kappa shape index (κ1) is 21.3. The lowest BCUT2D eigenvalue weighted by Gasteiger charge is -2.17. The fourth-order valence-corrected chi connectivity index (χ4v) is 4.57. The molecule has 1 atom stereocenters. The van der Waals surface area contributed by atoms with E-state index in [2.05, 4.69) is 23.2 Å². The van der Waals surface area contributed by atoms with Gasteiger partial charge in [0.1, 0.15) is 5.52 Å². The molecule has 2 aliphatic rings. The Labute approximate surface area is 179 Å². The number of likely N-dealkylation sites (tertiary alicyclic amines) is 1. The van der Waals surface area contributed by atoms with Crippen LogP contribution in [0.1, 0.15) is 36.6 Å². The first-order chi connectivity index (χ1) is 14.7. The van der Waals surface area contributed by atoms with Crippen molar-refractivity contribution < 1.29 is 14.2 Å². The predicted molar refractivity (Wildman–Crippen MR) is 118 cm³/mol. The van der Waals surface area contributed by atoms with Crippen LogP contribution >= 0.6 is 0 Å². The highest BCUT2D eigenvalue weighted by Crippen LogP contribution is 2.37. The van der Waals surface area contributed by atoms with Crippen LogP contribution in [0.2, 0.25) is 0 Å². The highest BCUT2D eigenvalue weighted by atomic mass is 16.5. The van der Waals surface area contributed by atoms with Crippen molar-refractivity contribution in [3.8, 4) is 5.88 Å². The summed E-state index contributed by atoms with van der Waals surface area (Å²) in [5.74, 6) is 1.22. The van der Waals surface area contributed by atoms with Crippen LogP contribution in [0, 0.1) is 5.92 Å². The third-order valence-electron chi connectivity index (χ3n) is 6.09. The number of hydrogen-bond acceptors (Lipinski definition) is 7. The fourth-order valence-electron chi connectivity index (χ4n) is 4.57. The number of rotatable bonds is 10. The summed E-state index contributed by atoms with van der Waals surface area (Å²) in [5, 5.41) is 3.54. The molecule has 0 radical (unpaired) electrons. The van der Waals surface area contributed by atoms with E-state index in [-0.39, 0.29) is 0 Å². The lowest BCUT2D eigenvalue weighted by atomic mass is 10.1. The number of nitrogens with one attached hydrogen (secondary N) is 1. The van der Waals surface area contributed by atoms with Crippen molar-refractivity contribution in [3.05, 3.63) is 22.9 Å². The van der Waals surface area contributed by atoms with Crippen LogP contribution in [0.15, 0.2) is 6.07 Å². The standard InChI is InChI=1S/C23H34N4O3/c1-16-12-18-19(13-16)25-20-14-17(15-30-11-9-27-7-4-5-8-27)23(29-3)26-22(20)21(18)24-6-10-28-2/h14,16H,4-13,15H2,1-3H3,(H,24,25). The topological polar surface area (TPSA) is 68.7 Å². The third kappa shape index (κ3) is 4.68. The van der Waals surface area contributed by atoms with Crippen molar-refractivity contribution in [2.45, 2.75) is 39.2 Å². The lowest BCUT2D eigenvalue weighted by molar-refractivity contribution is 0.0975. The van der Waals surface area contributed by atoms with Crippen molar-refractivity contribution in [3.63, 3.8) is 0 Å². The average molecular weight is 415 g/mol. The Hall–Kier alpha value is -1.96. The molecule has 1 saturated heterocycles. The molecule has 1 fully saturated rings. The number of hydrogen-bond donors (Lipinski definition) is 1. The van der Waals surface area contributed by atoms with Crippen molar-refractivity contribution in [1.29, 1.82) is 0 Å². The maximum Gasteiger partial charge on any atom is 0.219 e. The highest BCUT2D eigenvalue weighted by molar-refractivity contribution is 5.91. The zero-order chi connectivity index (χ0) is 20.9. The van der Waals surface area contributed by atoms with Crippen LogP contribution in [0.5, 0.6) is 5.88 Å². The van der Waals surface area contributed by atoms with E-state index in [9.17, 15) is 0 Å². The molecule has 0 saturated carbocycles. The minimum atomic E-state index is 0.488. The molecule has 2 aromatic heterocycles. The molecular weight excluding hydrogens is 380 g/mol. The molecule has 1 N–H and O–H groups in total. The van der Waals surface area contributed by atoms with E-state index < -0.39 is 0 Å². The van der Waals surface area contributed by atoms with Gasteiger partial charge >= 0.3 is 0 Å². The number of nitrogens with zero attached hydrogens (tertiary/aromatic N) is 3. The van der Waals surface area contributed by atoms with Gasteiger partial charge in [-0.2, -0.15) is 0 Å². The van der Waals surface area contributed by atoms with Crippen LogP contribution < -0.4 is 10.1 Å². The van der Waals surface area contributed by atoms with Crippen molar-refractivity contribution >= 4 is 16.7 Å². The van der Waals surface area contributed by atoms with Crippen molar-refractivity contribution in [1.82, 2.24) is 14.9 Å². The van der Waals surface area contributed by atoms with Gasteiger partial charge < -0.3 is 24.4 Å². The Morgan fingerprint density at radius 3 is 2.73 bits per heavy atom. The van der Waals surface area contributed by atoms with Gasteiger partial charge in [-0.15, -0.1) is 0 Å². The van der Waals surface area contributed by atoms with Crippen LogP contribution in [0.4, 0.5) is 5.69 Å². The van der Waals surface area contributed by atoms with Gasteiger partial charge in [-0.1, -0.05) is 6.92 Å². The summed E-state index contributed by atoms with van der Waals surface area (Å²) in [6.07, 6.45) is 4.65. The van der Waals surface area contributed by atoms with E-state index >= 15 is 0 Å². The van der Waals surface area contributed by atoms with Crippen LogP contribution in [-0.2, 0) is 28.9 Å². The van der Waals surface area contributed by atoms with Gasteiger partial charge in [0.2, 0.25) is 5.88 Å². The minimum absolute atomic E-state index is 0.488. The molecule has 0 bridgehead atoms. The summed E-state index contributed by atoms with van der Waals surface area (Å²) >= 11 is 0. The summed E-state index contributed by atoms with van der Waals surface area (Å²) in [5.41, 5.74) is 6.28. The summed E-state index contributed by atoms with van der Waals surface area (Å²) < 4.78 is 16.8. The van der Waals surface area contributed by atoms with Gasteiger partial charge in [0.15, 0.2) is 0 Å². The molecule has 1 unspecified atom stereocenters. The van der Waals surface area contributed by atoms with E-state index in [4.69, 9.17) is 24.2 Å². The minimum Gasteiger partial charge on any atom is -0.481 e. The molecule has 4 rings (SSSR count). The molecule has 2 aromatic rings. The second-order valence-corrected chi connectivity index (χ2v) is 8.47. The zero-order valence-corrected chi connectivity index (χ0v) is 18.5. The van der Waals surface area contributed by atoms with E-state index in [1.807, 2.05) is 0 Å². The molecule has 30 heavy (non-hydrogen) atoms. The number of methoxy groups -OCH3 is 2. The number of fused-ring (bicyclic) bond motifs is 2. The fraction of sp³-hybridized carbons (Fsp3) is 0.652. The quantitative estimate of drug-likeness (QED) is 0.599. The Kier molecular flexibility index (Phi) is 7.02. The predicted octanol–water partition coefficient (Wildman–Crippen LogP) is 3.04. The molecule has 7 heteroatoms. The van der Waals surface area contributed by atoms with E-state index in [1.54, 1.807) is 14.2 Å². The third-order valence-corrected chi connectivity index (χ3v) is 6.09. The van der Waals surface area contributed by atoms with E-state index in [1.165, 1.54) is 37.2 Å². The average Bonchev–Trinajstić information content (AvgIpc) is 3.39. The summed E-state index contributed by atoms with van der Waals surface area (Å²) in [7, 11) is 3.39. The largest absolute Gasteiger partial charge is 0.481 e. The van der Waals surface area contributed by atoms with Gasteiger partial charge in [-0.3, -0.25) is 4.98 Å². The number of ether oxygens (including phenoxy) is 3. The molecule has 0 amide bonds. The Morgan fingerprint density at radius 2 is 1.97 bits per heavy atom. The number of pyridine rings is 2. The second kappa shape index (κ2) is 9.90. The molecule has 1 aliphatic heterocycles. The molecule has 0 spiro atoms. The van der Waals surface area contributed by atoms with Gasteiger partial charge in [0, 0.05) is 31.5 Å². The smallest absolute Gasteiger partial charge is 0.219 e. The van der Waals surface area contributed by atoms with E-state index in [0.717, 1.165) is 54.8 Å². The number of aromatic nitrogens is 2. The first-order valence-electron chi connectivity index (χ1n) is 11.1. The summed E-state index contributed by atoms with van der Waals surface area (Å²) in [6.45, 7) is 8.24. The molecule has 164 valence electrons. The molecule has 7 nitrogen and oxygen atoms in total. The lowest BCUT2D eigenvalue weighted by Crippen LogP contribution is -2.24. The maximum atomic E-state index is 5.97.